The van der Waals surface area contributed by atoms with Crippen LogP contribution in [0.3, 0.4) is 0 Å². The summed E-state index contributed by atoms with van der Waals surface area (Å²) < 4.78 is 5.62. The number of halogens is 2. The molecule has 0 fully saturated rings. The summed E-state index contributed by atoms with van der Waals surface area (Å²) in [6.07, 6.45) is 1.65. The largest absolute Gasteiger partial charge is 0.376 e. The molecule has 2 N–H and O–H groups in total. The van der Waals surface area contributed by atoms with Crippen molar-refractivity contribution in [2.45, 2.75) is 38.3 Å². The van der Waals surface area contributed by atoms with E-state index in [0.29, 0.717) is 10.0 Å². The number of hydrogen-bond donors (Lipinski definition) is 1. The van der Waals surface area contributed by atoms with Gasteiger partial charge in [0, 0.05) is 17.2 Å². The Hall–Kier alpha value is -0.280. The molecule has 96 valence electrons. The molecule has 1 aromatic carbocycles. The molecule has 4 heteroatoms. The molecule has 0 bridgehead atoms. The van der Waals surface area contributed by atoms with Crippen LogP contribution in [0.5, 0.6) is 0 Å². The van der Waals surface area contributed by atoms with Crippen LogP contribution < -0.4 is 5.73 Å². The van der Waals surface area contributed by atoms with Gasteiger partial charge in [0.15, 0.2) is 0 Å². The van der Waals surface area contributed by atoms with Gasteiger partial charge in [-0.2, -0.15) is 0 Å². The van der Waals surface area contributed by atoms with Crippen LogP contribution in [0.4, 0.5) is 0 Å². The van der Waals surface area contributed by atoms with Gasteiger partial charge in [-0.25, -0.2) is 0 Å². The lowest BCUT2D eigenvalue weighted by Gasteiger charge is -2.36. The van der Waals surface area contributed by atoms with Crippen molar-refractivity contribution in [2.75, 3.05) is 7.11 Å². The zero-order chi connectivity index (χ0) is 13.1. The predicted molar refractivity (Wildman–Crippen MR) is 73.7 cm³/mol. The number of methoxy groups -OCH3 is 1. The molecule has 0 spiro atoms. The van der Waals surface area contributed by atoms with Crippen molar-refractivity contribution in [2.24, 2.45) is 5.73 Å². The lowest BCUT2D eigenvalue weighted by Crippen LogP contribution is -2.42. The number of ether oxygens (including phenoxy) is 1. The Balaban J connectivity index is 3.17. The molecule has 0 aromatic heterocycles. The minimum absolute atomic E-state index is 0.284. The third-order valence-corrected chi connectivity index (χ3v) is 4.04. The summed E-state index contributed by atoms with van der Waals surface area (Å²) in [5.74, 6) is 0. The van der Waals surface area contributed by atoms with Crippen molar-refractivity contribution in [3.05, 3.63) is 33.8 Å². The summed E-state index contributed by atoms with van der Waals surface area (Å²) in [5, 5.41) is 1.27. The molecular weight excluding hydrogens is 257 g/mol. The van der Waals surface area contributed by atoms with Gasteiger partial charge >= 0.3 is 0 Å². The highest BCUT2D eigenvalue weighted by atomic mass is 35.5. The van der Waals surface area contributed by atoms with Crippen LogP contribution in [0.2, 0.25) is 10.0 Å². The van der Waals surface area contributed by atoms with Crippen molar-refractivity contribution in [1.29, 1.82) is 0 Å². The molecule has 0 aliphatic rings. The van der Waals surface area contributed by atoms with E-state index >= 15 is 0 Å². The van der Waals surface area contributed by atoms with Crippen LogP contribution in [0, 0.1) is 0 Å². The molecule has 1 aromatic rings. The van der Waals surface area contributed by atoms with Crippen LogP contribution in [0.15, 0.2) is 18.2 Å². The quantitative estimate of drug-likeness (QED) is 0.874. The molecule has 0 saturated carbocycles. The summed E-state index contributed by atoms with van der Waals surface area (Å²) >= 11 is 12.2. The summed E-state index contributed by atoms with van der Waals surface area (Å²) in [6.45, 7) is 4.12. The molecule has 0 heterocycles. The van der Waals surface area contributed by atoms with Crippen molar-refractivity contribution in [1.82, 2.24) is 0 Å². The number of benzene rings is 1. The van der Waals surface area contributed by atoms with Crippen molar-refractivity contribution in [3.63, 3.8) is 0 Å². The topological polar surface area (TPSA) is 35.2 Å². The van der Waals surface area contributed by atoms with E-state index in [2.05, 4.69) is 13.8 Å². The summed E-state index contributed by atoms with van der Waals surface area (Å²) in [4.78, 5) is 0. The molecule has 17 heavy (non-hydrogen) atoms. The van der Waals surface area contributed by atoms with Gasteiger partial charge in [0.05, 0.1) is 11.6 Å². The van der Waals surface area contributed by atoms with E-state index in [1.54, 1.807) is 19.2 Å². The highest BCUT2D eigenvalue weighted by molar-refractivity contribution is 6.33. The van der Waals surface area contributed by atoms with Crippen molar-refractivity contribution >= 4 is 23.2 Å². The Bertz CT molecular complexity index is 369. The molecule has 1 atom stereocenters. The Kier molecular flexibility index (Phi) is 5.26. The van der Waals surface area contributed by atoms with Crippen LogP contribution >= 0.6 is 23.2 Å². The molecule has 0 aliphatic heterocycles. The second-order valence-electron chi connectivity index (χ2n) is 4.12. The van der Waals surface area contributed by atoms with E-state index in [-0.39, 0.29) is 6.04 Å². The Morgan fingerprint density at radius 3 is 2.35 bits per heavy atom. The zero-order valence-electron chi connectivity index (χ0n) is 10.5. The summed E-state index contributed by atoms with van der Waals surface area (Å²) in [7, 11) is 1.69. The first kappa shape index (κ1) is 14.8. The molecule has 1 unspecified atom stereocenters. The SMILES string of the molecule is CCC(CC)(OC)C(N)c1cc(Cl)ccc1Cl. The standard InChI is InChI=1S/C13H19Cl2NO/c1-4-13(5-2,17-3)12(16)10-8-9(14)6-7-11(10)15/h6-8,12H,4-5,16H2,1-3H3. The van der Waals surface area contributed by atoms with Gasteiger partial charge in [-0.05, 0) is 36.6 Å². The highest BCUT2D eigenvalue weighted by Gasteiger charge is 2.35. The number of nitrogens with two attached hydrogens (primary N) is 1. The molecule has 0 amide bonds. The van der Waals surface area contributed by atoms with E-state index in [1.165, 1.54) is 0 Å². The van der Waals surface area contributed by atoms with Crippen LogP contribution in [0.1, 0.15) is 38.3 Å². The molecule has 2 nitrogen and oxygen atoms in total. The minimum Gasteiger partial charge on any atom is -0.376 e. The fourth-order valence-corrected chi connectivity index (χ4v) is 2.56. The zero-order valence-corrected chi connectivity index (χ0v) is 12.0. The van der Waals surface area contributed by atoms with Crippen molar-refractivity contribution in [3.8, 4) is 0 Å². The molecule has 0 radical (unpaired) electrons. The van der Waals surface area contributed by atoms with Gasteiger partial charge in [-0.15, -0.1) is 0 Å². The first-order chi connectivity index (χ1) is 8.00. The molecule has 0 saturated heterocycles. The number of rotatable bonds is 5. The van der Waals surface area contributed by atoms with Crippen LogP contribution in [0.25, 0.3) is 0 Å². The first-order valence-corrected chi connectivity index (χ1v) is 6.52. The lowest BCUT2D eigenvalue weighted by atomic mass is 9.84. The van der Waals surface area contributed by atoms with Gasteiger partial charge in [0.25, 0.3) is 0 Å². The maximum atomic E-state index is 6.31. The Morgan fingerprint density at radius 2 is 1.88 bits per heavy atom. The van der Waals surface area contributed by atoms with E-state index in [0.717, 1.165) is 18.4 Å². The molecule has 0 aliphatic carbocycles. The van der Waals surface area contributed by atoms with Gasteiger partial charge < -0.3 is 10.5 Å². The third kappa shape index (κ3) is 2.94. The van der Waals surface area contributed by atoms with Crippen molar-refractivity contribution < 1.29 is 4.74 Å². The Labute approximate surface area is 113 Å². The van der Waals surface area contributed by atoms with Gasteiger partial charge in [0.2, 0.25) is 0 Å². The molecule has 1 rings (SSSR count). The fraction of sp³-hybridized carbons (Fsp3) is 0.538. The Morgan fingerprint density at radius 1 is 1.29 bits per heavy atom. The van der Waals surface area contributed by atoms with Gasteiger partial charge in [-0.3, -0.25) is 0 Å². The lowest BCUT2D eigenvalue weighted by molar-refractivity contribution is -0.0385. The average Bonchev–Trinajstić information content (AvgIpc) is 2.35. The normalized spacial score (nSPS) is 13.8. The first-order valence-electron chi connectivity index (χ1n) is 5.76. The predicted octanol–water partition coefficient (Wildman–Crippen LogP) is 4.20. The monoisotopic (exact) mass is 275 g/mol. The molecular formula is C13H19Cl2NO. The van der Waals surface area contributed by atoms with Crippen LogP contribution in [-0.4, -0.2) is 12.7 Å². The highest BCUT2D eigenvalue weighted by Crippen LogP contribution is 2.37. The third-order valence-electron chi connectivity index (χ3n) is 3.46. The van der Waals surface area contributed by atoms with E-state index in [1.807, 2.05) is 6.07 Å². The summed E-state index contributed by atoms with van der Waals surface area (Å²) in [5.41, 5.74) is 6.75. The second kappa shape index (κ2) is 6.05. The van der Waals surface area contributed by atoms with Gasteiger partial charge in [0.1, 0.15) is 0 Å². The number of hydrogen-bond acceptors (Lipinski definition) is 2. The van der Waals surface area contributed by atoms with E-state index < -0.39 is 5.60 Å². The fourth-order valence-electron chi connectivity index (χ4n) is 2.14. The minimum atomic E-state index is -0.395. The van der Waals surface area contributed by atoms with Crippen LogP contribution in [-0.2, 0) is 4.74 Å². The summed E-state index contributed by atoms with van der Waals surface area (Å²) in [6, 6.07) is 5.05. The van der Waals surface area contributed by atoms with E-state index in [9.17, 15) is 0 Å². The maximum Gasteiger partial charge on any atom is 0.0865 e. The van der Waals surface area contributed by atoms with E-state index in [4.69, 9.17) is 33.7 Å². The van der Waals surface area contributed by atoms with Gasteiger partial charge in [-0.1, -0.05) is 37.0 Å². The average molecular weight is 276 g/mol. The smallest absolute Gasteiger partial charge is 0.0865 e. The maximum absolute atomic E-state index is 6.31. The second-order valence-corrected chi connectivity index (χ2v) is 4.96.